The van der Waals surface area contributed by atoms with Crippen LogP contribution >= 0.6 is 0 Å². The van der Waals surface area contributed by atoms with Gasteiger partial charge in [0.05, 0.1) is 0 Å². The van der Waals surface area contributed by atoms with Crippen LogP contribution in [0.5, 0.6) is 0 Å². The molecule has 0 aromatic carbocycles. The molecule has 0 unspecified atom stereocenters. The summed E-state index contributed by atoms with van der Waals surface area (Å²) in [6.45, 7) is 7.74. The van der Waals surface area contributed by atoms with E-state index in [1.165, 1.54) is 12.2 Å². The molecule has 0 atom stereocenters. The Balaban J connectivity index is -0.000000339. The lowest BCUT2D eigenvalue weighted by Crippen LogP contribution is -2.40. The topological polar surface area (TPSA) is 110 Å². The fourth-order valence-corrected chi connectivity index (χ4v) is 0.879. The maximum absolute atomic E-state index is 11.0. The van der Waals surface area contributed by atoms with Crippen LogP contribution in [0, 0.1) is 0 Å². The summed E-state index contributed by atoms with van der Waals surface area (Å²) >= 11 is 0. The summed E-state index contributed by atoms with van der Waals surface area (Å²) < 4.78 is 0. The van der Waals surface area contributed by atoms with Crippen LogP contribution in [0.4, 0.5) is 0 Å². The van der Waals surface area contributed by atoms with Gasteiger partial charge in [-0.15, -0.1) is 0 Å². The van der Waals surface area contributed by atoms with Crippen molar-refractivity contribution in [2.45, 2.75) is 48.0 Å². The molecule has 128 valence electrons. The van der Waals surface area contributed by atoms with Gasteiger partial charge in [0, 0.05) is 25.0 Å². The van der Waals surface area contributed by atoms with Crippen LogP contribution in [0.25, 0.3) is 0 Å². The number of nitrogens with one attached hydrogen (secondary N) is 1. The van der Waals surface area contributed by atoms with Gasteiger partial charge in [-0.2, -0.15) is 0 Å². The maximum Gasteiger partial charge on any atom is 0.255 e. The van der Waals surface area contributed by atoms with E-state index in [1.807, 2.05) is 13.8 Å². The normalized spacial score (nSPS) is 11.6. The lowest BCUT2D eigenvalue weighted by Gasteiger charge is -2.13. The zero-order chi connectivity index (χ0) is 16.8. The number of ketones is 1. The molecule has 0 spiro atoms. The van der Waals surface area contributed by atoms with Crippen molar-refractivity contribution in [3.05, 3.63) is 12.2 Å². The Morgan fingerprint density at radius 1 is 1.09 bits per heavy atom. The van der Waals surface area contributed by atoms with Crippen molar-refractivity contribution in [2.75, 3.05) is 13.2 Å². The van der Waals surface area contributed by atoms with Crippen molar-refractivity contribution in [1.82, 2.24) is 10.2 Å². The zero-order valence-corrected chi connectivity index (χ0v) is 13.1. The second-order valence-electron chi connectivity index (χ2n) is 4.01. The molecule has 3 amide bonds. The first-order valence-corrected chi connectivity index (χ1v) is 6.83. The Hall–Kier alpha value is -2.02. The molecule has 7 nitrogen and oxygen atoms in total. The van der Waals surface area contributed by atoms with Gasteiger partial charge in [0.2, 0.25) is 5.91 Å². The van der Waals surface area contributed by atoms with Gasteiger partial charge in [0.25, 0.3) is 11.8 Å². The molecule has 7 heteroatoms. The van der Waals surface area contributed by atoms with Crippen molar-refractivity contribution in [3.63, 3.8) is 0 Å². The van der Waals surface area contributed by atoms with Gasteiger partial charge >= 0.3 is 0 Å². The van der Waals surface area contributed by atoms with E-state index in [0.29, 0.717) is 12.8 Å². The highest BCUT2D eigenvalue weighted by molar-refractivity contribution is 6.12. The standard InChI is InChI=1S/C8H10N2O3.C4H8O.C2H7N.CH4/c1-2-6(11)9-5-10-7(12)3-4-8(10)13;1-3-4(2)5;1-2-3;/h3-4H,2,5H2,1H3,(H,9,11);3H2,1-2H3;2-3H2,1H3;1H4. The predicted molar refractivity (Wildman–Crippen MR) is 86.7 cm³/mol. The summed E-state index contributed by atoms with van der Waals surface area (Å²) in [7, 11) is 0. The minimum absolute atomic E-state index is 0. The quantitative estimate of drug-likeness (QED) is 0.752. The fourth-order valence-electron chi connectivity index (χ4n) is 0.879. The summed E-state index contributed by atoms with van der Waals surface area (Å²) in [5.41, 5.74) is 4.85. The Labute approximate surface area is 132 Å². The summed E-state index contributed by atoms with van der Waals surface area (Å²) in [4.78, 5) is 43.5. The second-order valence-corrected chi connectivity index (χ2v) is 4.01. The van der Waals surface area contributed by atoms with E-state index in [4.69, 9.17) is 5.73 Å². The highest BCUT2D eigenvalue weighted by Crippen LogP contribution is 2.00. The molecule has 3 N–H and O–H groups in total. The number of hydrogen-bond donors (Lipinski definition) is 2. The van der Waals surface area contributed by atoms with Crippen LogP contribution < -0.4 is 11.1 Å². The Morgan fingerprint density at radius 2 is 1.45 bits per heavy atom. The monoisotopic (exact) mass is 315 g/mol. The molecule has 0 radical (unpaired) electrons. The van der Waals surface area contributed by atoms with E-state index in [9.17, 15) is 19.2 Å². The van der Waals surface area contributed by atoms with Crippen LogP contribution in [0.15, 0.2) is 12.2 Å². The third kappa shape index (κ3) is 13.0. The Kier molecular flexibility index (Phi) is 17.4. The minimum Gasteiger partial charge on any atom is -0.338 e. The van der Waals surface area contributed by atoms with Crippen LogP contribution in [-0.4, -0.2) is 41.6 Å². The number of imide groups is 1. The molecule has 0 aromatic heterocycles. The van der Waals surface area contributed by atoms with Gasteiger partial charge in [-0.25, -0.2) is 0 Å². The average molecular weight is 315 g/mol. The summed E-state index contributed by atoms with van der Waals surface area (Å²) in [6.07, 6.45) is 3.37. The molecule has 0 saturated heterocycles. The molecular weight excluding hydrogens is 286 g/mol. The van der Waals surface area contributed by atoms with Gasteiger partial charge in [-0.3, -0.25) is 19.3 Å². The van der Waals surface area contributed by atoms with Gasteiger partial charge < -0.3 is 15.8 Å². The first kappa shape index (κ1) is 25.0. The van der Waals surface area contributed by atoms with E-state index in [0.717, 1.165) is 11.4 Å². The fraction of sp³-hybridized carbons (Fsp3) is 0.600. The van der Waals surface area contributed by atoms with Gasteiger partial charge in [0.1, 0.15) is 12.5 Å². The third-order valence-electron chi connectivity index (χ3n) is 2.15. The zero-order valence-electron chi connectivity index (χ0n) is 13.1. The SMILES string of the molecule is C.CCC(=O)NCN1C(=O)C=CC1=O.CCC(C)=O.CCN. The molecule has 0 aromatic rings. The number of carbonyl (C=O) groups is 4. The van der Waals surface area contributed by atoms with Gasteiger partial charge in [-0.05, 0) is 13.5 Å². The lowest BCUT2D eigenvalue weighted by atomic mass is 10.4. The van der Waals surface area contributed by atoms with Crippen molar-refractivity contribution in [3.8, 4) is 0 Å². The van der Waals surface area contributed by atoms with Gasteiger partial charge in [0.15, 0.2) is 0 Å². The predicted octanol–water partition coefficient (Wildman–Crippen LogP) is 0.982. The number of amides is 3. The highest BCUT2D eigenvalue weighted by atomic mass is 16.2. The second kappa shape index (κ2) is 15.4. The molecule has 1 aliphatic heterocycles. The number of hydrogen-bond acceptors (Lipinski definition) is 5. The maximum atomic E-state index is 11.0. The van der Waals surface area contributed by atoms with E-state index in [2.05, 4.69) is 5.32 Å². The van der Waals surface area contributed by atoms with E-state index >= 15 is 0 Å². The lowest BCUT2D eigenvalue weighted by molar-refractivity contribution is -0.137. The number of rotatable bonds is 4. The molecule has 1 rings (SSSR count). The van der Waals surface area contributed by atoms with Crippen molar-refractivity contribution in [2.24, 2.45) is 5.73 Å². The molecule has 1 heterocycles. The number of Topliss-reactive ketones (excluding diaryl/α,β-unsaturated/α-hetero) is 1. The molecule has 0 aliphatic carbocycles. The Morgan fingerprint density at radius 3 is 1.73 bits per heavy atom. The average Bonchev–Trinajstić information content (AvgIpc) is 2.77. The third-order valence-corrected chi connectivity index (χ3v) is 2.15. The number of nitrogens with zero attached hydrogens (tertiary/aromatic N) is 1. The summed E-state index contributed by atoms with van der Waals surface area (Å²) in [5.74, 6) is -0.708. The first-order valence-electron chi connectivity index (χ1n) is 6.83. The largest absolute Gasteiger partial charge is 0.338 e. The van der Waals surface area contributed by atoms with E-state index in [-0.39, 0.29) is 37.6 Å². The summed E-state index contributed by atoms with van der Waals surface area (Å²) in [6, 6.07) is 0. The molecule has 0 saturated carbocycles. The van der Waals surface area contributed by atoms with Crippen molar-refractivity contribution < 1.29 is 19.2 Å². The Bertz CT molecular complexity index is 374. The first-order chi connectivity index (χ1) is 9.83. The molecule has 0 fully saturated rings. The highest BCUT2D eigenvalue weighted by Gasteiger charge is 2.22. The molecule has 1 aliphatic rings. The van der Waals surface area contributed by atoms with Crippen LogP contribution in [-0.2, 0) is 19.2 Å². The van der Waals surface area contributed by atoms with Crippen molar-refractivity contribution >= 4 is 23.5 Å². The number of nitrogens with two attached hydrogens (primary N) is 1. The van der Waals surface area contributed by atoms with Crippen LogP contribution in [0.1, 0.15) is 48.0 Å². The molecule has 22 heavy (non-hydrogen) atoms. The van der Waals surface area contributed by atoms with Crippen LogP contribution in [0.3, 0.4) is 0 Å². The molecular formula is C15H29N3O4. The molecule has 0 bridgehead atoms. The van der Waals surface area contributed by atoms with Crippen LogP contribution in [0.2, 0.25) is 0 Å². The van der Waals surface area contributed by atoms with Gasteiger partial charge in [-0.1, -0.05) is 28.2 Å². The minimum atomic E-state index is -0.388. The smallest absolute Gasteiger partial charge is 0.255 e. The van der Waals surface area contributed by atoms with E-state index < -0.39 is 0 Å². The summed E-state index contributed by atoms with van der Waals surface area (Å²) in [5, 5.41) is 2.44. The van der Waals surface area contributed by atoms with E-state index in [1.54, 1.807) is 13.8 Å². The number of carbonyl (C=O) groups excluding carboxylic acids is 4. The van der Waals surface area contributed by atoms with Crippen molar-refractivity contribution in [1.29, 1.82) is 0 Å².